The Morgan fingerprint density at radius 3 is 1.44 bits per heavy atom. The van der Waals surface area contributed by atoms with Gasteiger partial charge in [0.1, 0.15) is 5.60 Å². The quantitative estimate of drug-likeness (QED) is 0.156. The zero-order chi connectivity index (χ0) is 25.7. The van der Waals surface area contributed by atoms with Crippen molar-refractivity contribution < 1.29 is 20.1 Å². The van der Waals surface area contributed by atoms with Crippen LogP contribution in [0, 0.1) is 11.3 Å². The van der Waals surface area contributed by atoms with Crippen LogP contribution < -0.4 is 0 Å². The minimum Gasteiger partial charge on any atom is -0.395 e. The Morgan fingerprint density at radius 1 is 1.03 bits per heavy atom. The van der Waals surface area contributed by atoms with Gasteiger partial charge < -0.3 is 20.1 Å². The number of halogens is 1. The lowest BCUT2D eigenvalue weighted by atomic mass is 9.96. The van der Waals surface area contributed by atoms with E-state index in [9.17, 15) is 0 Å². The monoisotopic (exact) mass is 602 g/mol. The van der Waals surface area contributed by atoms with E-state index in [2.05, 4.69) is 47.4 Å². The predicted octanol–water partition coefficient (Wildman–Crippen LogP) is 8.37. The van der Waals surface area contributed by atoms with Gasteiger partial charge in [0.05, 0.1) is 25.4 Å². The van der Waals surface area contributed by atoms with Gasteiger partial charge in [-0.2, -0.15) is 0 Å². The minimum atomic E-state index is -0.653. The van der Waals surface area contributed by atoms with Crippen LogP contribution in [0.3, 0.4) is 0 Å². The topological polar surface area (TPSA) is 73.2 Å². The van der Waals surface area contributed by atoms with Crippen LogP contribution in [0.1, 0.15) is 96.9 Å². The van der Waals surface area contributed by atoms with Gasteiger partial charge in [0.2, 0.25) is 0 Å². The second kappa shape index (κ2) is 28.8. The molecule has 0 aromatic heterocycles. The van der Waals surface area contributed by atoms with E-state index in [-0.39, 0.29) is 63.1 Å². The molecular weight excluding hydrogens is 539 g/mol. The fraction of sp³-hybridized carbons (Fsp3) is 0.724. The van der Waals surface area contributed by atoms with Crippen molar-refractivity contribution in [1.29, 1.82) is 0 Å². The van der Waals surface area contributed by atoms with Crippen LogP contribution in [0.25, 0.3) is 0 Å². The molecule has 4 nitrogen and oxygen atoms in total. The van der Waals surface area contributed by atoms with Gasteiger partial charge in [-0.1, -0.05) is 93.2 Å². The van der Waals surface area contributed by atoms with Crippen LogP contribution in [0.15, 0.2) is 49.6 Å². The fourth-order valence-corrected chi connectivity index (χ4v) is 0.854. The molecule has 0 saturated carbocycles. The molecule has 1 rings (SSSR count). The third kappa shape index (κ3) is 48.8. The summed E-state index contributed by atoms with van der Waals surface area (Å²) in [5.74, 6) is 0.833. The number of aliphatic hydroxyl groups excluding tert-OH is 2. The van der Waals surface area contributed by atoms with Crippen LogP contribution in [0.2, 0.25) is 0 Å². The first-order valence-electron chi connectivity index (χ1n) is 11.2. The van der Waals surface area contributed by atoms with Crippen molar-refractivity contribution in [1.82, 2.24) is 0 Å². The van der Waals surface area contributed by atoms with E-state index in [1.54, 1.807) is 19.1 Å². The Kier molecular flexibility index (Phi) is 42.6. The summed E-state index contributed by atoms with van der Waals surface area (Å²) in [7, 11) is 0. The predicted molar refractivity (Wildman–Crippen MR) is 167 cm³/mol. The maximum atomic E-state index is 9.01. The van der Waals surface area contributed by atoms with Crippen molar-refractivity contribution in [3.63, 3.8) is 0 Å². The van der Waals surface area contributed by atoms with E-state index in [4.69, 9.17) is 20.1 Å². The lowest BCUT2D eigenvalue weighted by molar-refractivity contribution is 0.108. The summed E-state index contributed by atoms with van der Waals surface area (Å²) in [6.45, 7) is 31.8. The van der Waals surface area contributed by atoms with Crippen molar-refractivity contribution >= 4 is 24.0 Å². The van der Waals surface area contributed by atoms with Gasteiger partial charge in [0.25, 0.3) is 0 Å². The van der Waals surface area contributed by atoms with E-state index in [0.717, 1.165) is 30.9 Å². The molecule has 2 unspecified atom stereocenters. The second-order valence-corrected chi connectivity index (χ2v) is 9.42. The highest BCUT2D eigenvalue weighted by atomic mass is 127. The number of aliphatic hydroxyl groups is 3. The largest absolute Gasteiger partial charge is 0.395 e. The van der Waals surface area contributed by atoms with Crippen LogP contribution in [0.4, 0.5) is 0 Å². The SMILES string of the molecule is C.C.C=CC(C)(C)CO.C=CC(C)(O)CC.C=CC1(C)CO1.CC(C)C.CC/C=C(\C)CO.I. The molecule has 0 radical (unpaired) electrons. The van der Waals surface area contributed by atoms with E-state index in [0.29, 0.717) is 0 Å². The number of hydrogen-bond donors (Lipinski definition) is 3. The first-order chi connectivity index (χ1) is 14.1. The van der Waals surface area contributed by atoms with Gasteiger partial charge in [-0.05, 0) is 39.5 Å². The summed E-state index contributed by atoms with van der Waals surface area (Å²) >= 11 is 0. The van der Waals surface area contributed by atoms with E-state index >= 15 is 0 Å². The van der Waals surface area contributed by atoms with Crippen LogP contribution in [-0.4, -0.2) is 46.3 Å². The van der Waals surface area contributed by atoms with Crippen LogP contribution in [-0.2, 0) is 4.74 Å². The molecule has 1 aliphatic heterocycles. The molecule has 1 fully saturated rings. The number of ether oxygens (including phenoxy) is 1. The Balaban J connectivity index is -0.0000000530. The van der Waals surface area contributed by atoms with Crippen LogP contribution in [0.5, 0.6) is 0 Å². The number of epoxide rings is 1. The molecule has 0 aliphatic carbocycles. The number of hydrogen-bond acceptors (Lipinski definition) is 4. The Bertz CT molecular complexity index is 454. The molecule has 2 atom stereocenters. The van der Waals surface area contributed by atoms with Gasteiger partial charge in [0, 0.05) is 5.41 Å². The van der Waals surface area contributed by atoms with Crippen molar-refractivity contribution in [2.24, 2.45) is 11.3 Å². The lowest BCUT2D eigenvalue weighted by Gasteiger charge is -2.13. The molecule has 0 spiro atoms. The summed E-state index contributed by atoms with van der Waals surface area (Å²) in [6.07, 6.45) is 8.88. The molecule has 34 heavy (non-hydrogen) atoms. The van der Waals surface area contributed by atoms with E-state index in [1.165, 1.54) is 0 Å². The normalized spacial score (nSPS) is 17.1. The van der Waals surface area contributed by atoms with E-state index in [1.807, 2.05) is 46.8 Å². The first-order valence-corrected chi connectivity index (χ1v) is 11.2. The molecule has 1 heterocycles. The Hall–Kier alpha value is -0.470. The second-order valence-electron chi connectivity index (χ2n) is 9.42. The third-order valence-corrected chi connectivity index (χ3v) is 3.95. The van der Waals surface area contributed by atoms with Gasteiger partial charge in [-0.25, -0.2) is 0 Å². The maximum absolute atomic E-state index is 9.01. The standard InChI is InChI=1S/3C6H12O.C5H8O.C4H10.2CH4.HI/c1-4-6(2,3)5-7;1-4-6(3,7)5-2;1-3-4-6(2)5-7;1-3-5(2)4-6-5;1-4(2)3;;;/h2*4,7H,1,5H2,2-3H3;4,7H,3,5H2,1-2H3;3H,1,4H2,2H3;4H,1-3H3;2*1H4;1H/b;;6-4+;;;;;. The Morgan fingerprint density at radius 2 is 1.41 bits per heavy atom. The van der Waals surface area contributed by atoms with Gasteiger partial charge in [-0.3, -0.25) is 0 Å². The molecule has 1 aliphatic rings. The van der Waals surface area contributed by atoms with Gasteiger partial charge in [0.15, 0.2) is 0 Å². The van der Waals surface area contributed by atoms with Gasteiger partial charge in [-0.15, -0.1) is 43.7 Å². The smallest absolute Gasteiger partial charge is 0.107 e. The van der Waals surface area contributed by atoms with Crippen molar-refractivity contribution in [2.75, 3.05) is 19.8 Å². The highest BCUT2D eigenvalue weighted by Crippen LogP contribution is 2.25. The lowest BCUT2D eigenvalue weighted by Crippen LogP contribution is -2.17. The Labute approximate surface area is 232 Å². The molecule has 210 valence electrons. The van der Waals surface area contributed by atoms with Crippen molar-refractivity contribution in [3.8, 4) is 0 Å². The molecular formula is C29H63IO4. The summed E-state index contributed by atoms with van der Waals surface area (Å²) in [5.41, 5.74) is 0.363. The molecule has 0 amide bonds. The molecule has 0 aromatic rings. The summed E-state index contributed by atoms with van der Waals surface area (Å²) in [4.78, 5) is 0. The summed E-state index contributed by atoms with van der Waals surface area (Å²) in [5, 5.41) is 25.9. The molecule has 1 saturated heterocycles. The maximum Gasteiger partial charge on any atom is 0.107 e. The third-order valence-electron chi connectivity index (χ3n) is 3.95. The zero-order valence-electron chi connectivity index (χ0n) is 22.7. The first kappa shape index (κ1) is 50.4. The highest BCUT2D eigenvalue weighted by Gasteiger charge is 2.34. The fourth-order valence-electron chi connectivity index (χ4n) is 0.854. The average Bonchev–Trinajstić information content (AvgIpc) is 3.47. The van der Waals surface area contributed by atoms with E-state index < -0.39 is 5.60 Å². The van der Waals surface area contributed by atoms with Gasteiger partial charge >= 0.3 is 0 Å². The summed E-state index contributed by atoms with van der Waals surface area (Å²) < 4.78 is 4.93. The summed E-state index contributed by atoms with van der Waals surface area (Å²) in [6, 6.07) is 0. The average molecular weight is 603 g/mol. The molecule has 5 heteroatoms. The molecule has 0 bridgehead atoms. The van der Waals surface area contributed by atoms with Crippen LogP contribution >= 0.6 is 24.0 Å². The van der Waals surface area contributed by atoms with Crippen molar-refractivity contribution in [3.05, 3.63) is 49.6 Å². The number of allylic oxidation sites excluding steroid dienone is 1. The molecule has 0 aromatic carbocycles. The minimum absolute atomic E-state index is 0. The van der Waals surface area contributed by atoms with Crippen molar-refractivity contribution in [2.45, 2.75) is 108 Å². The zero-order valence-corrected chi connectivity index (χ0v) is 25.0. The number of rotatable bonds is 7. The highest BCUT2D eigenvalue weighted by molar-refractivity contribution is 14.0. The molecule has 3 N–H and O–H groups in total.